The molecule has 2 aromatic rings. The maximum absolute atomic E-state index is 11.7. The van der Waals surface area contributed by atoms with Gasteiger partial charge in [-0.25, -0.2) is 4.98 Å². The molecule has 0 unspecified atom stereocenters. The van der Waals surface area contributed by atoms with Crippen LogP contribution in [-0.2, 0) is 11.2 Å². The number of nitrogens with two attached hydrogens (primary N) is 1. The molecule has 108 valence electrons. The first-order valence-corrected chi connectivity index (χ1v) is 6.76. The molecule has 0 radical (unpaired) electrons. The van der Waals surface area contributed by atoms with Crippen LogP contribution >= 0.6 is 0 Å². The molecule has 3 N–H and O–H groups in total. The molecule has 0 bridgehead atoms. The molecule has 0 aliphatic carbocycles. The number of aryl methyl sites for hydroxylation is 2. The zero-order valence-electron chi connectivity index (χ0n) is 11.9. The average Bonchev–Trinajstić information content (AvgIpc) is 2.87. The van der Waals surface area contributed by atoms with E-state index in [0.717, 1.165) is 23.4 Å². The Morgan fingerprint density at radius 1 is 1.45 bits per heavy atom. The summed E-state index contributed by atoms with van der Waals surface area (Å²) in [5, 5.41) is 10.6. The van der Waals surface area contributed by atoms with Crippen LogP contribution in [0.25, 0.3) is 5.78 Å². The van der Waals surface area contributed by atoms with Crippen LogP contribution in [0.15, 0.2) is 6.33 Å². The Morgan fingerprint density at radius 3 is 3.00 bits per heavy atom. The van der Waals surface area contributed by atoms with Crippen molar-refractivity contribution < 1.29 is 4.79 Å². The van der Waals surface area contributed by atoms with Crippen LogP contribution in [0.2, 0.25) is 0 Å². The van der Waals surface area contributed by atoms with Gasteiger partial charge < -0.3 is 11.1 Å². The predicted octanol–water partition coefficient (Wildman–Crippen LogP) is 0.139. The summed E-state index contributed by atoms with van der Waals surface area (Å²) in [5.74, 6) is 0.636. The van der Waals surface area contributed by atoms with Crippen molar-refractivity contribution in [3.8, 4) is 0 Å². The van der Waals surface area contributed by atoms with Crippen LogP contribution in [0, 0.1) is 13.8 Å². The second-order valence-electron chi connectivity index (χ2n) is 4.75. The van der Waals surface area contributed by atoms with Crippen molar-refractivity contribution in [3.05, 3.63) is 23.3 Å². The standard InChI is InChI=1S/C13H20N6O/c1-9-11(4-5-12(20)15-7-3-6-14)10(2)19-8-16-18-13(19)17-9/h8H,3-7,14H2,1-2H3,(H,15,20). The molecule has 0 atom stereocenters. The monoisotopic (exact) mass is 276 g/mol. The van der Waals surface area contributed by atoms with Gasteiger partial charge in [-0.15, -0.1) is 10.2 Å². The van der Waals surface area contributed by atoms with E-state index < -0.39 is 0 Å². The number of hydrogen-bond acceptors (Lipinski definition) is 5. The summed E-state index contributed by atoms with van der Waals surface area (Å²) >= 11 is 0. The van der Waals surface area contributed by atoms with Gasteiger partial charge in [0.1, 0.15) is 6.33 Å². The normalized spacial score (nSPS) is 10.9. The molecule has 0 aliphatic heterocycles. The van der Waals surface area contributed by atoms with Gasteiger partial charge >= 0.3 is 0 Å². The average molecular weight is 276 g/mol. The van der Waals surface area contributed by atoms with E-state index in [1.807, 2.05) is 18.2 Å². The van der Waals surface area contributed by atoms with Crippen LogP contribution in [0.3, 0.4) is 0 Å². The molecule has 2 rings (SSSR count). The number of carbonyl (C=O) groups excluding carboxylic acids is 1. The Morgan fingerprint density at radius 2 is 2.25 bits per heavy atom. The zero-order chi connectivity index (χ0) is 14.5. The Kier molecular flexibility index (Phi) is 4.62. The van der Waals surface area contributed by atoms with Gasteiger partial charge in [-0.1, -0.05) is 0 Å². The van der Waals surface area contributed by atoms with Gasteiger partial charge in [0.15, 0.2) is 0 Å². The highest BCUT2D eigenvalue weighted by atomic mass is 16.1. The van der Waals surface area contributed by atoms with Gasteiger partial charge in [0.2, 0.25) is 5.91 Å². The Balaban J connectivity index is 2.04. The van der Waals surface area contributed by atoms with E-state index in [0.29, 0.717) is 31.7 Å². The van der Waals surface area contributed by atoms with E-state index in [9.17, 15) is 4.79 Å². The molecule has 7 nitrogen and oxygen atoms in total. The lowest BCUT2D eigenvalue weighted by atomic mass is 10.1. The maximum Gasteiger partial charge on any atom is 0.255 e. The third-order valence-electron chi connectivity index (χ3n) is 3.34. The summed E-state index contributed by atoms with van der Waals surface area (Å²) in [4.78, 5) is 16.1. The fraction of sp³-hybridized carbons (Fsp3) is 0.538. The summed E-state index contributed by atoms with van der Waals surface area (Å²) in [6.45, 7) is 5.15. The minimum Gasteiger partial charge on any atom is -0.356 e. The predicted molar refractivity (Wildman–Crippen MR) is 75.3 cm³/mol. The molecule has 0 aliphatic rings. The van der Waals surface area contributed by atoms with Crippen LogP contribution in [0.1, 0.15) is 29.8 Å². The highest BCUT2D eigenvalue weighted by Crippen LogP contribution is 2.15. The summed E-state index contributed by atoms with van der Waals surface area (Å²) in [7, 11) is 0. The second-order valence-corrected chi connectivity index (χ2v) is 4.75. The first-order chi connectivity index (χ1) is 9.63. The largest absolute Gasteiger partial charge is 0.356 e. The van der Waals surface area contributed by atoms with Gasteiger partial charge in [0.05, 0.1) is 0 Å². The third kappa shape index (κ3) is 3.11. The number of hydrogen-bond donors (Lipinski definition) is 2. The molecule has 2 aromatic heterocycles. The minimum atomic E-state index is 0.0427. The number of rotatable bonds is 6. The highest BCUT2D eigenvalue weighted by Gasteiger charge is 2.11. The van der Waals surface area contributed by atoms with Crippen molar-refractivity contribution in [2.75, 3.05) is 13.1 Å². The van der Waals surface area contributed by atoms with Crippen molar-refractivity contribution in [3.63, 3.8) is 0 Å². The maximum atomic E-state index is 11.7. The van der Waals surface area contributed by atoms with Crippen molar-refractivity contribution in [2.24, 2.45) is 5.73 Å². The lowest BCUT2D eigenvalue weighted by Crippen LogP contribution is -2.26. The lowest BCUT2D eigenvalue weighted by Gasteiger charge is -2.10. The topological polar surface area (TPSA) is 98.2 Å². The molecule has 0 spiro atoms. The first kappa shape index (κ1) is 14.4. The summed E-state index contributed by atoms with van der Waals surface area (Å²) in [5.41, 5.74) is 8.40. The third-order valence-corrected chi connectivity index (χ3v) is 3.34. The van der Waals surface area contributed by atoms with Crippen LogP contribution < -0.4 is 11.1 Å². The quantitative estimate of drug-likeness (QED) is 0.731. The smallest absolute Gasteiger partial charge is 0.255 e. The van der Waals surface area contributed by atoms with Gasteiger partial charge in [-0.3, -0.25) is 9.20 Å². The molecule has 20 heavy (non-hydrogen) atoms. The molecule has 2 heterocycles. The van der Waals surface area contributed by atoms with E-state index in [1.165, 1.54) is 0 Å². The first-order valence-electron chi connectivity index (χ1n) is 6.76. The second kappa shape index (κ2) is 6.42. The van der Waals surface area contributed by atoms with Crippen molar-refractivity contribution in [2.45, 2.75) is 33.1 Å². The number of amides is 1. The summed E-state index contributed by atoms with van der Waals surface area (Å²) in [6.07, 6.45) is 3.55. The molecule has 0 fully saturated rings. The minimum absolute atomic E-state index is 0.0427. The number of nitrogens with one attached hydrogen (secondary N) is 1. The van der Waals surface area contributed by atoms with Crippen molar-refractivity contribution in [1.82, 2.24) is 24.9 Å². The van der Waals surface area contributed by atoms with Crippen LogP contribution in [0.4, 0.5) is 0 Å². The number of carbonyl (C=O) groups is 1. The molecular weight excluding hydrogens is 256 g/mol. The summed E-state index contributed by atoms with van der Waals surface area (Å²) < 4.78 is 1.84. The molecule has 0 saturated carbocycles. The van der Waals surface area contributed by atoms with E-state index in [1.54, 1.807) is 6.33 Å². The number of nitrogens with zero attached hydrogens (tertiary/aromatic N) is 4. The molecule has 0 saturated heterocycles. The highest BCUT2D eigenvalue weighted by molar-refractivity contribution is 5.76. The Bertz CT molecular complexity index is 606. The molecular formula is C13H20N6O. The number of fused-ring (bicyclic) bond motifs is 1. The SMILES string of the molecule is Cc1nc2nncn2c(C)c1CCC(=O)NCCCN. The Labute approximate surface area is 117 Å². The van der Waals surface area contributed by atoms with Crippen molar-refractivity contribution in [1.29, 1.82) is 0 Å². The van der Waals surface area contributed by atoms with Crippen LogP contribution in [-0.4, -0.2) is 38.6 Å². The van der Waals surface area contributed by atoms with Gasteiger partial charge in [-0.2, -0.15) is 0 Å². The van der Waals surface area contributed by atoms with Crippen molar-refractivity contribution >= 4 is 11.7 Å². The lowest BCUT2D eigenvalue weighted by molar-refractivity contribution is -0.121. The van der Waals surface area contributed by atoms with E-state index in [4.69, 9.17) is 5.73 Å². The fourth-order valence-corrected chi connectivity index (χ4v) is 2.19. The number of aromatic nitrogens is 4. The van der Waals surface area contributed by atoms with Crippen LogP contribution in [0.5, 0.6) is 0 Å². The van der Waals surface area contributed by atoms with E-state index >= 15 is 0 Å². The molecule has 1 amide bonds. The zero-order valence-corrected chi connectivity index (χ0v) is 11.9. The molecule has 0 aromatic carbocycles. The van der Waals surface area contributed by atoms with Gasteiger partial charge in [0.25, 0.3) is 5.78 Å². The van der Waals surface area contributed by atoms with Gasteiger partial charge in [-0.05, 0) is 38.8 Å². The molecule has 7 heteroatoms. The fourth-order valence-electron chi connectivity index (χ4n) is 2.19. The van der Waals surface area contributed by atoms with Gasteiger partial charge in [0, 0.05) is 24.4 Å². The Hall–Kier alpha value is -2.02. The summed E-state index contributed by atoms with van der Waals surface area (Å²) in [6, 6.07) is 0. The van der Waals surface area contributed by atoms with E-state index in [-0.39, 0.29) is 5.91 Å². The van der Waals surface area contributed by atoms with E-state index in [2.05, 4.69) is 20.5 Å².